The summed E-state index contributed by atoms with van der Waals surface area (Å²) >= 11 is 0. The lowest BCUT2D eigenvalue weighted by Gasteiger charge is -1.98. The topological polar surface area (TPSA) is 17.1 Å². The zero-order valence-corrected chi connectivity index (χ0v) is 11.9. The van der Waals surface area contributed by atoms with Gasteiger partial charge in [-0.15, -0.1) is 0 Å². The normalized spacial score (nSPS) is 12.2. The van der Waals surface area contributed by atoms with Crippen molar-refractivity contribution in [2.24, 2.45) is 5.92 Å². The maximum Gasteiger partial charge on any atom is 0.155 e. The molecule has 0 heterocycles. The van der Waals surface area contributed by atoms with Gasteiger partial charge in [0.1, 0.15) is 0 Å². The second kappa shape index (κ2) is 8.98. The Bertz CT molecular complexity index is 312. The van der Waals surface area contributed by atoms with Crippen molar-refractivity contribution in [3.8, 4) is 0 Å². The second-order valence-corrected chi connectivity index (χ2v) is 5.26. The molecule has 0 spiro atoms. The third-order valence-corrected chi connectivity index (χ3v) is 2.36. The lowest BCUT2D eigenvalue weighted by atomic mass is 10.1. The van der Waals surface area contributed by atoms with Crippen molar-refractivity contribution in [3.63, 3.8) is 0 Å². The molecule has 0 unspecified atom stereocenters. The van der Waals surface area contributed by atoms with Gasteiger partial charge in [-0.3, -0.25) is 4.79 Å². The highest BCUT2D eigenvalue weighted by Crippen LogP contribution is 2.07. The Morgan fingerprint density at radius 2 is 1.82 bits per heavy atom. The van der Waals surface area contributed by atoms with E-state index in [0.717, 1.165) is 12.8 Å². The first-order chi connectivity index (χ1) is 7.91. The first-order valence-corrected chi connectivity index (χ1v) is 6.42. The van der Waals surface area contributed by atoms with Crippen LogP contribution in [0.4, 0.5) is 0 Å². The molecule has 1 nitrogen and oxygen atoms in total. The SMILES string of the molecule is CC(C)=CCCC(C)=CC=CC(=O)CC(C)C. The Balaban J connectivity index is 4.01. The van der Waals surface area contributed by atoms with Gasteiger partial charge in [-0.2, -0.15) is 0 Å². The summed E-state index contributed by atoms with van der Waals surface area (Å²) in [5.74, 6) is 0.656. The fourth-order valence-corrected chi connectivity index (χ4v) is 1.46. The minimum Gasteiger partial charge on any atom is -0.295 e. The van der Waals surface area contributed by atoms with Crippen molar-refractivity contribution < 1.29 is 4.79 Å². The molecule has 0 atom stereocenters. The molecule has 0 aromatic rings. The van der Waals surface area contributed by atoms with Gasteiger partial charge in [-0.05, 0) is 45.6 Å². The van der Waals surface area contributed by atoms with Crippen LogP contribution in [0.15, 0.2) is 35.5 Å². The summed E-state index contributed by atoms with van der Waals surface area (Å²) in [6.07, 6.45) is 10.6. The summed E-state index contributed by atoms with van der Waals surface area (Å²) in [7, 11) is 0. The maximum absolute atomic E-state index is 11.4. The van der Waals surface area contributed by atoms with E-state index in [0.29, 0.717) is 12.3 Å². The fourth-order valence-electron chi connectivity index (χ4n) is 1.46. The summed E-state index contributed by atoms with van der Waals surface area (Å²) in [5, 5.41) is 0. The average Bonchev–Trinajstić information content (AvgIpc) is 2.15. The smallest absolute Gasteiger partial charge is 0.155 e. The average molecular weight is 234 g/mol. The second-order valence-electron chi connectivity index (χ2n) is 5.26. The van der Waals surface area contributed by atoms with E-state index in [1.54, 1.807) is 6.08 Å². The molecule has 0 aromatic carbocycles. The first kappa shape index (κ1) is 15.9. The molecule has 0 saturated heterocycles. The largest absolute Gasteiger partial charge is 0.295 e. The molecule has 0 aliphatic rings. The summed E-state index contributed by atoms with van der Waals surface area (Å²) < 4.78 is 0. The summed E-state index contributed by atoms with van der Waals surface area (Å²) in [5.41, 5.74) is 2.68. The molecule has 0 bridgehead atoms. The van der Waals surface area contributed by atoms with Gasteiger partial charge in [-0.1, -0.05) is 43.2 Å². The quantitative estimate of drug-likeness (QED) is 0.349. The van der Waals surface area contributed by atoms with Crippen LogP contribution in [-0.2, 0) is 4.79 Å². The number of hydrogen-bond acceptors (Lipinski definition) is 1. The highest BCUT2D eigenvalue weighted by atomic mass is 16.1. The molecule has 0 aliphatic heterocycles. The van der Waals surface area contributed by atoms with Crippen molar-refractivity contribution in [2.75, 3.05) is 0 Å². The van der Waals surface area contributed by atoms with E-state index in [4.69, 9.17) is 0 Å². The van der Waals surface area contributed by atoms with Gasteiger partial charge >= 0.3 is 0 Å². The van der Waals surface area contributed by atoms with Crippen molar-refractivity contribution in [2.45, 2.75) is 53.9 Å². The van der Waals surface area contributed by atoms with Crippen LogP contribution in [0.25, 0.3) is 0 Å². The predicted octanol–water partition coefficient (Wildman–Crippen LogP) is 4.85. The van der Waals surface area contributed by atoms with Crippen LogP contribution in [0.1, 0.15) is 53.9 Å². The fraction of sp³-hybridized carbons (Fsp3) is 0.562. The molecule has 1 heteroatoms. The Morgan fingerprint density at radius 1 is 1.18 bits per heavy atom. The van der Waals surface area contributed by atoms with Crippen molar-refractivity contribution in [1.29, 1.82) is 0 Å². The molecule has 17 heavy (non-hydrogen) atoms. The molecule has 0 aromatic heterocycles. The van der Waals surface area contributed by atoms with Crippen LogP contribution < -0.4 is 0 Å². The van der Waals surface area contributed by atoms with Crippen molar-refractivity contribution in [1.82, 2.24) is 0 Å². The van der Waals surface area contributed by atoms with Gasteiger partial charge in [0.15, 0.2) is 5.78 Å². The molecule has 0 saturated carbocycles. The first-order valence-electron chi connectivity index (χ1n) is 6.42. The Labute approximate surface area is 106 Å². The Kier molecular flexibility index (Phi) is 8.39. The number of carbonyl (C=O) groups is 1. The number of allylic oxidation sites excluding steroid dienone is 6. The van der Waals surface area contributed by atoms with Crippen molar-refractivity contribution >= 4 is 5.78 Å². The van der Waals surface area contributed by atoms with E-state index in [2.05, 4.69) is 40.7 Å². The lowest BCUT2D eigenvalue weighted by Crippen LogP contribution is -1.97. The van der Waals surface area contributed by atoms with E-state index in [1.165, 1.54) is 11.1 Å². The van der Waals surface area contributed by atoms with Gasteiger partial charge in [0.05, 0.1) is 0 Å². The van der Waals surface area contributed by atoms with Crippen LogP contribution >= 0.6 is 0 Å². The molecular weight excluding hydrogens is 208 g/mol. The number of carbonyl (C=O) groups excluding carboxylic acids is 1. The molecule has 96 valence electrons. The predicted molar refractivity (Wildman–Crippen MR) is 76.0 cm³/mol. The molecular formula is C16H26O. The van der Waals surface area contributed by atoms with E-state index < -0.39 is 0 Å². The van der Waals surface area contributed by atoms with E-state index in [9.17, 15) is 4.79 Å². The van der Waals surface area contributed by atoms with Crippen LogP contribution in [0.3, 0.4) is 0 Å². The summed E-state index contributed by atoms with van der Waals surface area (Å²) in [6, 6.07) is 0. The summed E-state index contributed by atoms with van der Waals surface area (Å²) in [6.45, 7) is 10.5. The van der Waals surface area contributed by atoms with Crippen molar-refractivity contribution in [3.05, 3.63) is 35.5 Å². The highest BCUT2D eigenvalue weighted by Gasteiger charge is 1.99. The minimum absolute atomic E-state index is 0.216. The van der Waals surface area contributed by atoms with E-state index in [-0.39, 0.29) is 5.78 Å². The maximum atomic E-state index is 11.4. The number of hydrogen-bond donors (Lipinski definition) is 0. The zero-order valence-electron chi connectivity index (χ0n) is 11.9. The molecule has 0 N–H and O–H groups in total. The molecule has 0 amide bonds. The van der Waals surface area contributed by atoms with Crippen LogP contribution in [0.5, 0.6) is 0 Å². The van der Waals surface area contributed by atoms with Gasteiger partial charge in [0, 0.05) is 6.42 Å². The van der Waals surface area contributed by atoms with E-state index >= 15 is 0 Å². The highest BCUT2D eigenvalue weighted by molar-refractivity contribution is 5.89. The molecule has 0 fully saturated rings. The van der Waals surface area contributed by atoms with Gasteiger partial charge in [0.2, 0.25) is 0 Å². The Hall–Kier alpha value is -1.11. The van der Waals surface area contributed by atoms with Crippen LogP contribution in [0, 0.1) is 5.92 Å². The number of ketones is 1. The summed E-state index contributed by atoms with van der Waals surface area (Å²) in [4.78, 5) is 11.4. The molecule has 0 radical (unpaired) electrons. The lowest BCUT2D eigenvalue weighted by molar-refractivity contribution is -0.115. The Morgan fingerprint density at radius 3 is 2.35 bits per heavy atom. The van der Waals surface area contributed by atoms with Gasteiger partial charge in [0.25, 0.3) is 0 Å². The minimum atomic E-state index is 0.216. The molecule has 0 rings (SSSR count). The monoisotopic (exact) mass is 234 g/mol. The van der Waals surface area contributed by atoms with Crippen LogP contribution in [0.2, 0.25) is 0 Å². The van der Waals surface area contributed by atoms with Gasteiger partial charge in [-0.25, -0.2) is 0 Å². The van der Waals surface area contributed by atoms with E-state index in [1.807, 2.05) is 12.2 Å². The molecule has 0 aliphatic carbocycles. The van der Waals surface area contributed by atoms with Gasteiger partial charge < -0.3 is 0 Å². The zero-order chi connectivity index (χ0) is 13.3. The third-order valence-electron chi connectivity index (χ3n) is 2.36. The number of rotatable bonds is 7. The standard InChI is InChI=1S/C16H26O/c1-13(2)8-6-9-15(5)10-7-11-16(17)12-14(3)4/h7-8,10-11,14H,6,9,12H2,1-5H3. The third kappa shape index (κ3) is 11.2. The van der Waals surface area contributed by atoms with Crippen LogP contribution in [-0.4, -0.2) is 5.78 Å².